The van der Waals surface area contributed by atoms with Crippen molar-refractivity contribution in [1.29, 1.82) is 0 Å². The van der Waals surface area contributed by atoms with Crippen LogP contribution < -0.4 is 5.73 Å². The molecule has 0 unspecified atom stereocenters. The number of aromatic hydroxyl groups is 1. The third-order valence-electron chi connectivity index (χ3n) is 8.09. The molecule has 5 rings (SSSR count). The number of Topliss-reactive ketones (excluding diaryl/α,β-unsaturated/α-hetero) is 2. The molecule has 0 radical (unpaired) electrons. The number of carbonyl (C=O) groups excluding carboxylic acids is 3. The van der Waals surface area contributed by atoms with Gasteiger partial charge in [-0.25, -0.2) is 0 Å². The number of hydrogen-bond donors (Lipinski definition) is 5. The van der Waals surface area contributed by atoms with Crippen LogP contribution in [-0.4, -0.2) is 62.5 Å². The highest BCUT2D eigenvalue weighted by atomic mass is 16.3. The summed E-state index contributed by atoms with van der Waals surface area (Å²) < 4.78 is 0. The lowest BCUT2D eigenvalue weighted by Gasteiger charge is -2.45. The zero-order valence-corrected chi connectivity index (χ0v) is 21.4. The van der Waals surface area contributed by atoms with Crippen molar-refractivity contribution in [1.82, 2.24) is 4.90 Å². The van der Waals surface area contributed by atoms with E-state index in [-0.39, 0.29) is 36.1 Å². The molecule has 0 aliphatic heterocycles. The van der Waals surface area contributed by atoms with E-state index in [1.807, 2.05) is 33.2 Å². The van der Waals surface area contributed by atoms with Crippen molar-refractivity contribution in [3.05, 3.63) is 75.3 Å². The molecular formula is C29H30N2O7. The van der Waals surface area contributed by atoms with Gasteiger partial charge in [-0.1, -0.05) is 18.2 Å². The fourth-order valence-electron chi connectivity index (χ4n) is 6.24. The molecule has 0 saturated heterocycles. The topological polar surface area (TPSA) is 161 Å². The van der Waals surface area contributed by atoms with Gasteiger partial charge in [-0.2, -0.15) is 0 Å². The van der Waals surface area contributed by atoms with E-state index in [0.717, 1.165) is 28.8 Å². The van der Waals surface area contributed by atoms with Crippen molar-refractivity contribution in [2.24, 2.45) is 17.6 Å². The Morgan fingerprint density at radius 1 is 1.11 bits per heavy atom. The molecule has 3 aliphatic rings. The second-order valence-electron chi connectivity index (χ2n) is 10.8. The number of benzene rings is 2. The maximum absolute atomic E-state index is 13.8. The second-order valence-corrected chi connectivity index (χ2v) is 10.8. The number of nitrogens with zero attached hydrogens (tertiary/aromatic N) is 1. The van der Waals surface area contributed by atoms with Crippen LogP contribution in [-0.2, 0) is 22.6 Å². The van der Waals surface area contributed by atoms with Crippen molar-refractivity contribution in [2.75, 3.05) is 14.1 Å². The summed E-state index contributed by atoms with van der Waals surface area (Å²) in [5.74, 6) is -6.35. The van der Waals surface area contributed by atoms with E-state index in [1.54, 1.807) is 6.07 Å². The second kappa shape index (κ2) is 8.82. The highest BCUT2D eigenvalue weighted by molar-refractivity contribution is 6.24. The summed E-state index contributed by atoms with van der Waals surface area (Å²) in [6.07, 6.45) is 0.0982. The molecule has 6 N–H and O–H groups in total. The van der Waals surface area contributed by atoms with E-state index in [2.05, 4.69) is 11.0 Å². The van der Waals surface area contributed by atoms with Gasteiger partial charge in [0.25, 0.3) is 5.91 Å². The number of nitrogens with two attached hydrogens (primary N) is 1. The molecule has 9 nitrogen and oxygen atoms in total. The van der Waals surface area contributed by atoms with Crippen LogP contribution in [0.1, 0.15) is 39.9 Å². The number of aryl methyl sites for hydroxylation is 1. The number of ketones is 2. The van der Waals surface area contributed by atoms with Gasteiger partial charge in [-0.3, -0.25) is 14.4 Å². The number of phenols is 1. The molecule has 0 heterocycles. The van der Waals surface area contributed by atoms with E-state index < -0.39 is 52.0 Å². The van der Waals surface area contributed by atoms with E-state index in [4.69, 9.17) is 5.73 Å². The van der Waals surface area contributed by atoms with Gasteiger partial charge in [0.1, 0.15) is 22.8 Å². The fourth-order valence-corrected chi connectivity index (χ4v) is 6.24. The van der Waals surface area contributed by atoms with Gasteiger partial charge in [0.05, 0.1) is 5.56 Å². The lowest BCUT2D eigenvalue weighted by molar-refractivity contribution is -0.144. The number of primary amides is 1. The average Bonchev–Trinajstić information content (AvgIpc) is 2.82. The maximum Gasteiger partial charge on any atom is 0.255 e. The SMILES string of the molecule is Cc1ccc(-c2ccc(O)c3c2C[C@H]2C[C@H]4CC(O)=C(C(N)=O)C(=O)[C@@]4(O)C(O)=C2C3=O)cc1CN(C)C. The average molecular weight is 519 g/mol. The summed E-state index contributed by atoms with van der Waals surface area (Å²) in [4.78, 5) is 40.7. The molecule has 0 saturated carbocycles. The zero-order chi connectivity index (χ0) is 27.7. The Labute approximate surface area is 219 Å². The van der Waals surface area contributed by atoms with Crippen molar-refractivity contribution >= 4 is 17.5 Å². The molecule has 38 heavy (non-hydrogen) atoms. The molecule has 3 atom stereocenters. The van der Waals surface area contributed by atoms with Gasteiger partial charge >= 0.3 is 0 Å². The molecule has 0 spiro atoms. The number of phenolic OH excluding ortho intramolecular Hbond substituents is 1. The van der Waals surface area contributed by atoms with Crippen LogP contribution in [0.4, 0.5) is 0 Å². The standard InChI is InChI=1S/C29H30N2O7/c1-13-4-5-14(8-16(13)12-31(2)3)18-6-7-20(32)23-19(18)10-15-9-17-11-21(33)24(28(30)37)27(36)29(17,38)26(35)22(15)25(23)34/h4-8,15,17,32-33,35,38H,9-12H2,1-3H3,(H2,30,37)/t15-,17+,29+/m1/s1. The van der Waals surface area contributed by atoms with Crippen LogP contribution in [0.2, 0.25) is 0 Å². The smallest absolute Gasteiger partial charge is 0.255 e. The van der Waals surface area contributed by atoms with Gasteiger partial charge in [0.2, 0.25) is 5.78 Å². The minimum absolute atomic E-state index is 0.00820. The first-order chi connectivity index (χ1) is 17.9. The molecule has 0 aromatic heterocycles. The van der Waals surface area contributed by atoms with Crippen molar-refractivity contribution in [3.8, 4) is 16.9 Å². The summed E-state index contributed by atoms with van der Waals surface area (Å²) in [6.45, 7) is 2.75. The number of aliphatic hydroxyl groups is 3. The normalized spacial score (nSPS) is 24.9. The monoisotopic (exact) mass is 518 g/mol. The van der Waals surface area contributed by atoms with E-state index in [0.29, 0.717) is 5.56 Å². The number of allylic oxidation sites excluding steroid dienone is 2. The molecule has 1 amide bonds. The number of carbonyl (C=O) groups is 3. The van der Waals surface area contributed by atoms with Crippen molar-refractivity contribution < 1.29 is 34.8 Å². The first-order valence-corrected chi connectivity index (χ1v) is 12.4. The molecule has 0 bridgehead atoms. The van der Waals surface area contributed by atoms with E-state index >= 15 is 0 Å². The molecule has 2 aromatic carbocycles. The van der Waals surface area contributed by atoms with Gasteiger partial charge in [0.15, 0.2) is 11.4 Å². The Kier molecular flexibility index (Phi) is 5.96. The van der Waals surface area contributed by atoms with Crippen LogP contribution in [0.3, 0.4) is 0 Å². The van der Waals surface area contributed by atoms with Crippen LogP contribution in [0.5, 0.6) is 5.75 Å². The Morgan fingerprint density at radius 2 is 1.82 bits per heavy atom. The lowest BCUT2D eigenvalue weighted by Crippen LogP contribution is -2.57. The molecule has 198 valence electrons. The zero-order valence-electron chi connectivity index (χ0n) is 21.4. The molecule has 9 heteroatoms. The summed E-state index contributed by atoms with van der Waals surface area (Å²) >= 11 is 0. The Hall–Kier alpha value is -3.95. The lowest BCUT2D eigenvalue weighted by atomic mass is 9.60. The number of fused-ring (bicyclic) bond motifs is 3. The molecule has 0 fully saturated rings. The number of aliphatic hydroxyl groups excluding tert-OH is 2. The minimum atomic E-state index is -2.57. The Morgan fingerprint density at radius 3 is 2.47 bits per heavy atom. The Bertz CT molecular complexity index is 1490. The summed E-state index contributed by atoms with van der Waals surface area (Å²) in [5, 5.41) is 43.6. The van der Waals surface area contributed by atoms with E-state index in [9.17, 15) is 34.8 Å². The summed E-state index contributed by atoms with van der Waals surface area (Å²) in [7, 11) is 3.96. The first kappa shape index (κ1) is 25.7. The first-order valence-electron chi connectivity index (χ1n) is 12.4. The predicted molar refractivity (Wildman–Crippen MR) is 138 cm³/mol. The van der Waals surface area contributed by atoms with Crippen molar-refractivity contribution in [2.45, 2.75) is 38.3 Å². The summed E-state index contributed by atoms with van der Waals surface area (Å²) in [5.41, 5.74) is 6.23. The largest absolute Gasteiger partial charge is 0.511 e. The third-order valence-corrected chi connectivity index (χ3v) is 8.09. The van der Waals surface area contributed by atoms with Crippen LogP contribution in [0.15, 0.2) is 53.0 Å². The third kappa shape index (κ3) is 3.65. The minimum Gasteiger partial charge on any atom is -0.511 e. The number of amides is 1. The summed E-state index contributed by atoms with van der Waals surface area (Å²) in [6, 6.07) is 9.21. The van der Waals surface area contributed by atoms with Crippen molar-refractivity contribution in [3.63, 3.8) is 0 Å². The van der Waals surface area contributed by atoms with Gasteiger partial charge < -0.3 is 31.1 Å². The van der Waals surface area contributed by atoms with Crippen LogP contribution in [0, 0.1) is 18.8 Å². The molecule has 2 aromatic rings. The van der Waals surface area contributed by atoms with Gasteiger partial charge in [-0.15, -0.1) is 0 Å². The molecular weight excluding hydrogens is 488 g/mol. The van der Waals surface area contributed by atoms with E-state index in [1.165, 1.54) is 6.07 Å². The maximum atomic E-state index is 13.8. The fraction of sp³-hybridized carbons (Fsp3) is 0.345. The van der Waals surface area contributed by atoms with Crippen LogP contribution in [0.25, 0.3) is 11.1 Å². The highest BCUT2D eigenvalue weighted by Crippen LogP contribution is 2.52. The van der Waals surface area contributed by atoms with Crippen LogP contribution >= 0.6 is 0 Å². The van der Waals surface area contributed by atoms with Gasteiger partial charge in [0, 0.05) is 24.5 Å². The Balaban J connectivity index is 1.65. The highest BCUT2D eigenvalue weighted by Gasteiger charge is 2.59. The predicted octanol–water partition coefficient (Wildman–Crippen LogP) is 2.62. The number of rotatable bonds is 4. The quantitative estimate of drug-likeness (QED) is 0.386. The molecule has 3 aliphatic carbocycles. The van der Waals surface area contributed by atoms with Gasteiger partial charge in [-0.05, 0) is 79.7 Å². The number of hydrogen-bond acceptors (Lipinski definition) is 8.